The smallest absolute Gasteiger partial charge is 0.0132 e. The first-order valence-electron chi connectivity index (χ1n) is 7.40. The van der Waals surface area contributed by atoms with Crippen molar-refractivity contribution in [2.75, 3.05) is 0 Å². The highest BCUT2D eigenvalue weighted by Crippen LogP contribution is 2.32. The first kappa shape index (κ1) is 14.1. The molecule has 0 aliphatic heterocycles. The Morgan fingerprint density at radius 1 is 1.05 bits per heavy atom. The van der Waals surface area contributed by atoms with E-state index in [2.05, 4.69) is 69.8 Å². The van der Waals surface area contributed by atoms with Crippen LogP contribution in [0.2, 0.25) is 0 Å². The van der Waals surface area contributed by atoms with Gasteiger partial charge in [0.05, 0.1) is 0 Å². The molecule has 1 aromatic rings. The van der Waals surface area contributed by atoms with Crippen LogP contribution in [0.15, 0.2) is 43.0 Å². The lowest BCUT2D eigenvalue weighted by molar-refractivity contribution is 0.590. The Bertz CT molecular complexity index is 442. The van der Waals surface area contributed by atoms with Gasteiger partial charge in [0.25, 0.3) is 0 Å². The molecule has 1 aliphatic carbocycles. The van der Waals surface area contributed by atoms with Crippen molar-refractivity contribution in [2.24, 2.45) is 11.8 Å². The number of hydrogen-bond acceptors (Lipinski definition) is 0. The fraction of sp³-hybridized carbons (Fsp3) is 0.474. The van der Waals surface area contributed by atoms with E-state index in [9.17, 15) is 0 Å². The van der Waals surface area contributed by atoms with Gasteiger partial charge in [-0.3, -0.25) is 0 Å². The van der Waals surface area contributed by atoms with Crippen LogP contribution in [0.3, 0.4) is 0 Å². The van der Waals surface area contributed by atoms with Crippen LogP contribution in [-0.2, 0) is 5.41 Å². The average Bonchev–Trinajstić information content (AvgIpc) is 2.84. The molecule has 1 aromatic carbocycles. The molecule has 0 saturated heterocycles. The molecule has 0 amide bonds. The molecular weight excluding hydrogens is 228 g/mol. The van der Waals surface area contributed by atoms with Crippen molar-refractivity contribution in [3.63, 3.8) is 0 Å². The lowest BCUT2D eigenvalue weighted by Gasteiger charge is -2.18. The van der Waals surface area contributed by atoms with Gasteiger partial charge in [-0.1, -0.05) is 63.3 Å². The van der Waals surface area contributed by atoms with E-state index in [-0.39, 0.29) is 5.41 Å². The minimum absolute atomic E-state index is 0.241. The zero-order valence-electron chi connectivity index (χ0n) is 12.5. The van der Waals surface area contributed by atoms with Crippen molar-refractivity contribution in [3.05, 3.63) is 54.1 Å². The van der Waals surface area contributed by atoms with E-state index in [1.54, 1.807) is 0 Å². The van der Waals surface area contributed by atoms with Gasteiger partial charge < -0.3 is 0 Å². The van der Waals surface area contributed by atoms with E-state index in [4.69, 9.17) is 0 Å². The third-order valence-electron chi connectivity index (χ3n) is 4.18. The van der Waals surface area contributed by atoms with Gasteiger partial charge in [-0.15, -0.1) is 6.58 Å². The fourth-order valence-electron chi connectivity index (χ4n) is 2.78. The van der Waals surface area contributed by atoms with E-state index in [0.29, 0.717) is 0 Å². The Morgan fingerprint density at radius 3 is 2.21 bits per heavy atom. The molecule has 1 fully saturated rings. The van der Waals surface area contributed by atoms with Crippen molar-refractivity contribution in [1.29, 1.82) is 0 Å². The zero-order valence-corrected chi connectivity index (χ0v) is 12.5. The van der Waals surface area contributed by atoms with Crippen molar-refractivity contribution in [3.8, 4) is 0 Å². The molecule has 0 N–H and O–H groups in total. The van der Waals surface area contributed by atoms with Gasteiger partial charge in [0.2, 0.25) is 0 Å². The topological polar surface area (TPSA) is 0 Å². The molecule has 0 spiro atoms. The molecular formula is C19H26. The van der Waals surface area contributed by atoms with Crippen LogP contribution in [0.4, 0.5) is 0 Å². The Hall–Kier alpha value is -1.30. The number of benzene rings is 1. The van der Waals surface area contributed by atoms with E-state index >= 15 is 0 Å². The molecule has 0 nitrogen and oxygen atoms in total. The van der Waals surface area contributed by atoms with Crippen molar-refractivity contribution in [1.82, 2.24) is 0 Å². The number of hydrogen-bond donors (Lipinski definition) is 0. The minimum atomic E-state index is 0.241. The van der Waals surface area contributed by atoms with E-state index < -0.39 is 0 Å². The summed E-state index contributed by atoms with van der Waals surface area (Å²) in [6, 6.07) is 8.97. The van der Waals surface area contributed by atoms with Crippen molar-refractivity contribution >= 4 is 6.08 Å². The maximum atomic E-state index is 3.90. The SMILES string of the molecule is C=CC1CCC(/C=C/c2ccc(C(C)(C)C)cc2)C1. The molecule has 102 valence electrons. The third kappa shape index (κ3) is 3.83. The van der Waals surface area contributed by atoms with Crippen LogP contribution < -0.4 is 0 Å². The molecule has 0 bridgehead atoms. The quantitative estimate of drug-likeness (QED) is 0.616. The highest BCUT2D eigenvalue weighted by Gasteiger charge is 2.19. The predicted octanol–water partition coefficient (Wildman–Crippen LogP) is 5.60. The largest absolute Gasteiger partial charge is 0.103 e. The van der Waals surface area contributed by atoms with Gasteiger partial charge in [0.1, 0.15) is 0 Å². The summed E-state index contributed by atoms with van der Waals surface area (Å²) in [7, 11) is 0. The highest BCUT2D eigenvalue weighted by atomic mass is 14.2. The van der Waals surface area contributed by atoms with Crippen LogP contribution in [0.5, 0.6) is 0 Å². The van der Waals surface area contributed by atoms with Crippen molar-refractivity contribution in [2.45, 2.75) is 45.4 Å². The summed E-state index contributed by atoms with van der Waals surface area (Å²) in [4.78, 5) is 0. The summed E-state index contributed by atoms with van der Waals surface area (Å²) >= 11 is 0. The van der Waals surface area contributed by atoms with Crippen LogP contribution in [0.1, 0.15) is 51.2 Å². The van der Waals surface area contributed by atoms with Gasteiger partial charge in [-0.2, -0.15) is 0 Å². The second-order valence-electron chi connectivity index (χ2n) is 6.80. The van der Waals surface area contributed by atoms with Crippen molar-refractivity contribution < 1.29 is 0 Å². The first-order chi connectivity index (χ1) is 8.99. The number of allylic oxidation sites excluding steroid dienone is 2. The molecule has 0 radical (unpaired) electrons. The Balaban J connectivity index is 1.98. The normalized spacial score (nSPS) is 23.9. The van der Waals surface area contributed by atoms with Crippen LogP contribution in [-0.4, -0.2) is 0 Å². The van der Waals surface area contributed by atoms with Gasteiger partial charge in [-0.25, -0.2) is 0 Å². The molecule has 0 aromatic heterocycles. The number of rotatable bonds is 3. The molecule has 2 rings (SSSR count). The van der Waals surface area contributed by atoms with Gasteiger partial charge >= 0.3 is 0 Å². The molecule has 2 atom stereocenters. The second-order valence-corrected chi connectivity index (χ2v) is 6.80. The lowest BCUT2D eigenvalue weighted by atomic mass is 9.86. The molecule has 1 saturated carbocycles. The summed E-state index contributed by atoms with van der Waals surface area (Å²) in [6.45, 7) is 10.7. The van der Waals surface area contributed by atoms with Crippen LogP contribution >= 0.6 is 0 Å². The zero-order chi connectivity index (χ0) is 13.9. The summed E-state index contributed by atoms with van der Waals surface area (Å²) in [5.41, 5.74) is 2.96. The monoisotopic (exact) mass is 254 g/mol. The Kier molecular flexibility index (Phi) is 4.29. The fourth-order valence-corrected chi connectivity index (χ4v) is 2.78. The lowest BCUT2D eigenvalue weighted by Crippen LogP contribution is -2.10. The molecule has 0 heterocycles. The van der Waals surface area contributed by atoms with E-state index in [1.807, 2.05) is 0 Å². The van der Waals surface area contributed by atoms with Gasteiger partial charge in [0, 0.05) is 0 Å². The summed E-state index contributed by atoms with van der Waals surface area (Å²) in [5, 5.41) is 0. The Morgan fingerprint density at radius 2 is 1.68 bits per heavy atom. The van der Waals surface area contributed by atoms with Gasteiger partial charge in [-0.05, 0) is 47.6 Å². The summed E-state index contributed by atoms with van der Waals surface area (Å²) < 4.78 is 0. The molecule has 19 heavy (non-hydrogen) atoms. The molecule has 2 unspecified atom stereocenters. The van der Waals surface area contributed by atoms with Crippen LogP contribution in [0, 0.1) is 11.8 Å². The third-order valence-corrected chi connectivity index (χ3v) is 4.18. The highest BCUT2D eigenvalue weighted by molar-refractivity contribution is 5.50. The maximum absolute atomic E-state index is 3.90. The van der Waals surface area contributed by atoms with Gasteiger partial charge in [0.15, 0.2) is 0 Å². The standard InChI is InChI=1S/C19H26/c1-5-15-6-8-17(14-15)9-7-16-10-12-18(13-11-16)19(2,3)4/h5,7,9-13,15,17H,1,6,8,14H2,2-4H3/b9-7+. The Labute approximate surface area is 118 Å². The molecule has 1 aliphatic rings. The van der Waals surface area contributed by atoms with E-state index in [1.165, 1.54) is 30.4 Å². The first-order valence-corrected chi connectivity index (χ1v) is 7.40. The second kappa shape index (κ2) is 5.77. The van der Waals surface area contributed by atoms with E-state index in [0.717, 1.165) is 11.8 Å². The predicted molar refractivity (Wildman–Crippen MR) is 85.2 cm³/mol. The van der Waals surface area contributed by atoms with Crippen LogP contribution in [0.25, 0.3) is 6.08 Å². The molecule has 0 heteroatoms. The maximum Gasteiger partial charge on any atom is -0.0132 e. The minimum Gasteiger partial charge on any atom is -0.103 e. The average molecular weight is 254 g/mol. The summed E-state index contributed by atoms with van der Waals surface area (Å²) in [6.07, 6.45) is 10.7. The summed E-state index contributed by atoms with van der Waals surface area (Å²) in [5.74, 6) is 1.48.